The molecule has 3 heteroatoms. The monoisotopic (exact) mass is 236 g/mol. The van der Waals surface area contributed by atoms with E-state index in [1.165, 1.54) is 31.4 Å². The van der Waals surface area contributed by atoms with Gasteiger partial charge in [0.2, 0.25) is 0 Å². The Kier molecular flexibility index (Phi) is 4.63. The van der Waals surface area contributed by atoms with Crippen molar-refractivity contribution in [2.24, 2.45) is 5.92 Å². The number of nitrogens with one attached hydrogen (secondary N) is 1. The molecule has 17 heavy (non-hydrogen) atoms. The van der Waals surface area contributed by atoms with E-state index >= 15 is 0 Å². The lowest BCUT2D eigenvalue weighted by molar-refractivity contribution is 0.282. The van der Waals surface area contributed by atoms with Crippen molar-refractivity contribution in [1.82, 2.24) is 10.2 Å². The van der Waals surface area contributed by atoms with Gasteiger partial charge in [0.05, 0.1) is 12.8 Å². The van der Waals surface area contributed by atoms with Gasteiger partial charge in [0.1, 0.15) is 5.76 Å². The SMILES string of the molecule is CCCNCc1ccoc1CN(C)CC1CC1. The molecule has 1 aromatic rings. The molecule has 0 aromatic carbocycles. The molecule has 0 amide bonds. The molecule has 0 aliphatic heterocycles. The Bertz CT molecular complexity index is 331. The normalized spacial score (nSPS) is 15.7. The minimum Gasteiger partial charge on any atom is -0.468 e. The maximum absolute atomic E-state index is 5.59. The van der Waals surface area contributed by atoms with Crippen LogP contribution in [0.5, 0.6) is 0 Å². The van der Waals surface area contributed by atoms with E-state index in [4.69, 9.17) is 4.42 Å². The molecular weight excluding hydrogens is 212 g/mol. The van der Waals surface area contributed by atoms with Gasteiger partial charge < -0.3 is 9.73 Å². The summed E-state index contributed by atoms with van der Waals surface area (Å²) < 4.78 is 5.59. The molecule has 0 spiro atoms. The van der Waals surface area contributed by atoms with Gasteiger partial charge in [0.15, 0.2) is 0 Å². The van der Waals surface area contributed by atoms with Gasteiger partial charge in [-0.2, -0.15) is 0 Å². The summed E-state index contributed by atoms with van der Waals surface area (Å²) in [6.45, 7) is 6.33. The van der Waals surface area contributed by atoms with Crippen LogP contribution in [0.2, 0.25) is 0 Å². The summed E-state index contributed by atoms with van der Waals surface area (Å²) in [5, 5.41) is 3.43. The first-order valence-corrected chi connectivity index (χ1v) is 6.74. The van der Waals surface area contributed by atoms with Crippen LogP contribution in [0.4, 0.5) is 0 Å². The van der Waals surface area contributed by atoms with Crippen molar-refractivity contribution in [1.29, 1.82) is 0 Å². The molecule has 1 aliphatic carbocycles. The maximum Gasteiger partial charge on any atom is 0.122 e. The van der Waals surface area contributed by atoms with E-state index in [2.05, 4.69) is 30.3 Å². The average molecular weight is 236 g/mol. The second kappa shape index (κ2) is 6.22. The standard InChI is InChI=1S/C14H24N2O/c1-3-7-15-9-13-6-8-17-14(13)11-16(2)10-12-4-5-12/h6,8,12,15H,3-5,7,9-11H2,1-2H3. The second-order valence-electron chi connectivity index (χ2n) is 5.19. The molecule has 1 fully saturated rings. The minimum absolute atomic E-state index is 0.928. The fraction of sp³-hybridized carbons (Fsp3) is 0.714. The molecule has 1 heterocycles. The van der Waals surface area contributed by atoms with Gasteiger partial charge in [-0.25, -0.2) is 0 Å². The van der Waals surface area contributed by atoms with Crippen molar-refractivity contribution in [3.05, 3.63) is 23.7 Å². The van der Waals surface area contributed by atoms with Crippen molar-refractivity contribution < 1.29 is 4.42 Å². The van der Waals surface area contributed by atoms with Crippen LogP contribution in [0.1, 0.15) is 37.5 Å². The van der Waals surface area contributed by atoms with Gasteiger partial charge in [-0.3, -0.25) is 4.90 Å². The van der Waals surface area contributed by atoms with Crippen molar-refractivity contribution in [2.75, 3.05) is 20.1 Å². The third-order valence-corrected chi connectivity index (χ3v) is 3.26. The lowest BCUT2D eigenvalue weighted by atomic mass is 10.2. The molecule has 1 N–H and O–H groups in total. The lowest BCUT2D eigenvalue weighted by Gasteiger charge is -2.15. The number of hydrogen-bond donors (Lipinski definition) is 1. The highest BCUT2D eigenvalue weighted by Crippen LogP contribution is 2.29. The molecule has 3 nitrogen and oxygen atoms in total. The summed E-state index contributed by atoms with van der Waals surface area (Å²) in [5.41, 5.74) is 1.31. The zero-order valence-corrected chi connectivity index (χ0v) is 11.0. The van der Waals surface area contributed by atoms with Crippen LogP contribution in [0.3, 0.4) is 0 Å². The van der Waals surface area contributed by atoms with E-state index in [1.807, 2.05) is 6.26 Å². The first-order valence-electron chi connectivity index (χ1n) is 6.74. The van der Waals surface area contributed by atoms with E-state index in [0.717, 1.165) is 31.3 Å². The summed E-state index contributed by atoms with van der Waals surface area (Å²) in [6.07, 6.45) is 5.80. The molecule has 96 valence electrons. The van der Waals surface area contributed by atoms with Crippen LogP contribution in [0.15, 0.2) is 16.7 Å². The predicted octanol–water partition coefficient (Wildman–Crippen LogP) is 2.62. The lowest BCUT2D eigenvalue weighted by Crippen LogP contribution is -2.21. The largest absolute Gasteiger partial charge is 0.468 e. The molecule has 2 rings (SSSR count). The Morgan fingerprint density at radius 1 is 1.47 bits per heavy atom. The highest BCUT2D eigenvalue weighted by Gasteiger charge is 2.23. The molecule has 1 aromatic heterocycles. The van der Waals surface area contributed by atoms with E-state index < -0.39 is 0 Å². The Labute approximate surface area is 104 Å². The van der Waals surface area contributed by atoms with Crippen molar-refractivity contribution >= 4 is 0 Å². The van der Waals surface area contributed by atoms with Gasteiger partial charge in [-0.05, 0) is 44.8 Å². The van der Waals surface area contributed by atoms with Crippen LogP contribution >= 0.6 is 0 Å². The molecule has 0 saturated heterocycles. The van der Waals surface area contributed by atoms with E-state index in [1.54, 1.807) is 0 Å². The first-order chi connectivity index (χ1) is 8.29. The first kappa shape index (κ1) is 12.7. The van der Waals surface area contributed by atoms with Crippen LogP contribution in [-0.4, -0.2) is 25.0 Å². The summed E-state index contributed by atoms with van der Waals surface area (Å²) in [5.74, 6) is 2.06. The van der Waals surface area contributed by atoms with E-state index in [9.17, 15) is 0 Å². The van der Waals surface area contributed by atoms with Crippen LogP contribution in [-0.2, 0) is 13.1 Å². The summed E-state index contributed by atoms with van der Waals surface area (Å²) in [7, 11) is 2.18. The Morgan fingerprint density at radius 2 is 2.29 bits per heavy atom. The molecular formula is C14H24N2O. The minimum atomic E-state index is 0.928. The fourth-order valence-electron chi connectivity index (χ4n) is 2.11. The van der Waals surface area contributed by atoms with E-state index in [0.29, 0.717) is 0 Å². The molecule has 0 bridgehead atoms. The molecule has 0 radical (unpaired) electrons. The van der Waals surface area contributed by atoms with Gasteiger partial charge in [0.25, 0.3) is 0 Å². The Balaban J connectivity index is 1.79. The molecule has 1 saturated carbocycles. The van der Waals surface area contributed by atoms with Gasteiger partial charge >= 0.3 is 0 Å². The number of nitrogens with zero attached hydrogens (tertiary/aromatic N) is 1. The molecule has 1 aliphatic rings. The van der Waals surface area contributed by atoms with Crippen molar-refractivity contribution in [3.8, 4) is 0 Å². The maximum atomic E-state index is 5.59. The second-order valence-corrected chi connectivity index (χ2v) is 5.19. The summed E-state index contributed by atoms with van der Waals surface area (Å²) in [6, 6.07) is 2.09. The topological polar surface area (TPSA) is 28.4 Å². The number of furan rings is 1. The van der Waals surface area contributed by atoms with Crippen molar-refractivity contribution in [3.63, 3.8) is 0 Å². The van der Waals surface area contributed by atoms with Gasteiger partial charge in [0, 0.05) is 18.7 Å². The van der Waals surface area contributed by atoms with Gasteiger partial charge in [-0.1, -0.05) is 6.92 Å². The molecule has 0 atom stereocenters. The van der Waals surface area contributed by atoms with Crippen LogP contribution in [0, 0.1) is 5.92 Å². The highest BCUT2D eigenvalue weighted by atomic mass is 16.3. The van der Waals surface area contributed by atoms with Crippen LogP contribution < -0.4 is 5.32 Å². The number of hydrogen-bond acceptors (Lipinski definition) is 3. The Morgan fingerprint density at radius 3 is 3.00 bits per heavy atom. The fourth-order valence-corrected chi connectivity index (χ4v) is 2.11. The highest BCUT2D eigenvalue weighted by molar-refractivity contribution is 5.16. The third-order valence-electron chi connectivity index (χ3n) is 3.26. The van der Waals surface area contributed by atoms with E-state index in [-0.39, 0.29) is 0 Å². The third kappa shape index (κ3) is 4.17. The van der Waals surface area contributed by atoms with Crippen molar-refractivity contribution in [2.45, 2.75) is 39.3 Å². The predicted molar refractivity (Wildman–Crippen MR) is 69.8 cm³/mol. The number of rotatable bonds is 8. The Hall–Kier alpha value is -0.800. The zero-order valence-electron chi connectivity index (χ0n) is 11.0. The smallest absolute Gasteiger partial charge is 0.122 e. The zero-order chi connectivity index (χ0) is 12.1. The molecule has 0 unspecified atom stereocenters. The van der Waals surface area contributed by atoms with Crippen LogP contribution in [0.25, 0.3) is 0 Å². The summed E-state index contributed by atoms with van der Waals surface area (Å²) in [4.78, 5) is 2.37. The summed E-state index contributed by atoms with van der Waals surface area (Å²) >= 11 is 0. The van der Waals surface area contributed by atoms with Gasteiger partial charge in [-0.15, -0.1) is 0 Å². The quantitative estimate of drug-likeness (QED) is 0.703. The average Bonchev–Trinajstić information content (AvgIpc) is 3.00.